The molecule has 0 spiro atoms. The third kappa shape index (κ3) is 6.66. The molecule has 0 aromatic rings. The molecular weight excluding hydrogens is 237 g/mol. The van der Waals surface area contributed by atoms with Gasteiger partial charge >= 0.3 is 26.2 Å². The molecule has 0 unspecified atom stereocenters. The molecule has 3 heteroatoms. The van der Waals surface area contributed by atoms with Gasteiger partial charge in [-0.2, -0.15) is 6.08 Å². The first-order chi connectivity index (χ1) is 4.43. The second kappa shape index (κ2) is 11.0. The van der Waals surface area contributed by atoms with E-state index in [1.807, 2.05) is 6.08 Å². The Kier molecular flexibility index (Phi) is 16.4. The summed E-state index contributed by atoms with van der Waals surface area (Å²) >= 11 is 0. The molecule has 0 fully saturated rings. The van der Waals surface area contributed by atoms with Crippen LogP contribution in [-0.4, -0.2) is 0 Å². The normalized spacial score (nSPS) is 11.8. The van der Waals surface area contributed by atoms with Crippen molar-refractivity contribution in [3.05, 3.63) is 36.5 Å². The Morgan fingerprint density at radius 1 is 1.50 bits per heavy atom. The molecule has 0 N–H and O–H groups in total. The van der Waals surface area contributed by atoms with Gasteiger partial charge in [0.15, 0.2) is 0 Å². The Labute approximate surface area is 91.3 Å². The summed E-state index contributed by atoms with van der Waals surface area (Å²) in [6, 6.07) is 0. The van der Waals surface area contributed by atoms with Crippen LogP contribution in [0.5, 0.6) is 0 Å². The van der Waals surface area contributed by atoms with Crippen LogP contribution in [0.15, 0.2) is 30.4 Å². The van der Waals surface area contributed by atoms with Gasteiger partial charge in [-0.1, -0.05) is 12.5 Å². The second-order valence-corrected chi connectivity index (χ2v) is 2.14. The molecule has 0 nitrogen and oxygen atoms in total. The van der Waals surface area contributed by atoms with E-state index in [0.29, 0.717) is 0 Å². The van der Waals surface area contributed by atoms with E-state index in [0.717, 1.165) is 19.3 Å². The zero-order valence-corrected chi connectivity index (χ0v) is 9.27. The quantitative estimate of drug-likeness (QED) is 0.362. The summed E-state index contributed by atoms with van der Waals surface area (Å²) in [5.74, 6) is 0. The Hall–Kier alpha value is -0.0369. The summed E-state index contributed by atoms with van der Waals surface area (Å²) in [5.41, 5.74) is 1.34. The van der Waals surface area contributed by atoms with E-state index in [1.54, 1.807) is 0 Å². The summed E-state index contributed by atoms with van der Waals surface area (Å²) in [7, 11) is 0. The minimum absolute atomic E-state index is 0. The summed E-state index contributed by atoms with van der Waals surface area (Å²) in [6.45, 7) is 3.66. The molecule has 0 saturated carbocycles. The Bertz CT molecular complexity index is 162. The first-order valence-corrected chi connectivity index (χ1v) is 3.30. The number of rotatable bonds is 3. The van der Waals surface area contributed by atoms with Crippen LogP contribution >= 0.6 is 0 Å². The van der Waals surface area contributed by atoms with Crippen LogP contribution in [0.4, 0.5) is 0 Å². The van der Waals surface area contributed by atoms with Gasteiger partial charge in [-0.3, -0.25) is 6.08 Å². The topological polar surface area (TPSA) is 0 Å². The van der Waals surface area contributed by atoms with Crippen molar-refractivity contribution in [3.63, 3.8) is 0 Å². The van der Waals surface area contributed by atoms with Crippen molar-refractivity contribution >= 4 is 0 Å². The van der Waals surface area contributed by atoms with E-state index in [9.17, 15) is 0 Å². The molecule has 0 aromatic carbocycles. The number of hydrogen-bond donors (Lipinski definition) is 0. The summed E-state index contributed by atoms with van der Waals surface area (Å²) in [5, 5.41) is 0. The number of allylic oxidation sites excluding steroid dienone is 5. The molecule has 1 radical (unpaired) electrons. The predicted octanol–water partition coefficient (Wildman–Crippen LogP) is -3.35. The zero-order chi connectivity index (χ0) is 6.53. The molecule has 1 aliphatic carbocycles. The summed E-state index contributed by atoms with van der Waals surface area (Å²) in [4.78, 5) is 0. The van der Waals surface area contributed by atoms with E-state index >= 15 is 0 Å². The van der Waals surface area contributed by atoms with Crippen LogP contribution in [0.3, 0.4) is 0 Å². The summed E-state index contributed by atoms with van der Waals surface area (Å²) < 4.78 is 0. The molecule has 65 valence electrons. The predicted molar refractivity (Wildman–Crippen MR) is 39.9 cm³/mol. The van der Waals surface area contributed by atoms with Crippen LogP contribution < -0.4 is 9.41 Å². The monoisotopic (exact) mass is 247 g/mol. The van der Waals surface area contributed by atoms with Crippen molar-refractivity contribution in [2.75, 3.05) is 0 Å². The van der Waals surface area contributed by atoms with Crippen molar-refractivity contribution in [1.29, 1.82) is 0 Å². The fraction of sp³-hybridized carbons (Fsp3) is 0.333. The minimum atomic E-state index is 0. The van der Waals surface area contributed by atoms with Crippen molar-refractivity contribution in [2.24, 2.45) is 0 Å². The van der Waals surface area contributed by atoms with Crippen molar-refractivity contribution < 1.29 is 35.6 Å². The molecule has 0 saturated heterocycles. The first-order valence-electron chi connectivity index (χ1n) is 3.30. The molecule has 0 atom stereocenters. The smallest absolute Gasteiger partial charge is 1.00 e. The Balaban J connectivity index is -0.000000270. The fourth-order valence-electron chi connectivity index (χ4n) is 0.879. The molecule has 0 amide bonds. The van der Waals surface area contributed by atoms with Crippen molar-refractivity contribution in [2.45, 2.75) is 19.3 Å². The molecule has 0 aromatic heterocycles. The van der Waals surface area contributed by atoms with Gasteiger partial charge in [-0.05, 0) is 6.42 Å². The van der Waals surface area contributed by atoms with Crippen molar-refractivity contribution in [3.8, 4) is 0 Å². The van der Waals surface area contributed by atoms with Crippen LogP contribution in [0.25, 0.3) is 0 Å². The molecule has 0 aliphatic heterocycles. The van der Waals surface area contributed by atoms with Gasteiger partial charge in [0.05, 0.1) is 0 Å². The maximum atomic E-state index is 3.66. The molecule has 0 heterocycles. The zero-order valence-electron chi connectivity index (χ0n) is 6.82. The van der Waals surface area contributed by atoms with Crippen LogP contribution in [-0.2, 0) is 26.2 Å². The SMILES string of the molecule is C=CCCC1=[C-]CC=C1.[F-].[F-].[Zr+3]. The minimum Gasteiger partial charge on any atom is -1.00 e. The maximum absolute atomic E-state index is 3.66. The molecule has 1 aliphatic rings. The third-order valence-corrected chi connectivity index (χ3v) is 1.38. The van der Waals surface area contributed by atoms with E-state index in [2.05, 4.69) is 24.8 Å². The van der Waals surface area contributed by atoms with Crippen LogP contribution in [0.1, 0.15) is 19.3 Å². The van der Waals surface area contributed by atoms with Gasteiger partial charge in [0.25, 0.3) is 0 Å². The second-order valence-electron chi connectivity index (χ2n) is 2.14. The van der Waals surface area contributed by atoms with Gasteiger partial charge in [0.1, 0.15) is 0 Å². The average molecular weight is 248 g/mol. The summed E-state index contributed by atoms with van der Waals surface area (Å²) in [6.07, 6.45) is 12.7. The van der Waals surface area contributed by atoms with Gasteiger partial charge in [0.2, 0.25) is 0 Å². The number of hydrogen-bond acceptors (Lipinski definition) is 0. The largest absolute Gasteiger partial charge is 3.00 e. The molecule has 12 heavy (non-hydrogen) atoms. The van der Waals surface area contributed by atoms with Crippen LogP contribution in [0.2, 0.25) is 0 Å². The average Bonchev–Trinajstić information content (AvgIpc) is 2.34. The molecule has 1 rings (SSSR count). The first kappa shape index (κ1) is 17.9. The maximum Gasteiger partial charge on any atom is 3.00 e. The van der Waals surface area contributed by atoms with Crippen molar-refractivity contribution in [1.82, 2.24) is 0 Å². The van der Waals surface area contributed by atoms with E-state index in [1.165, 1.54) is 5.57 Å². The van der Waals surface area contributed by atoms with E-state index in [-0.39, 0.29) is 35.6 Å². The Morgan fingerprint density at radius 2 is 2.17 bits per heavy atom. The van der Waals surface area contributed by atoms with Gasteiger partial charge in [-0.15, -0.1) is 13.0 Å². The standard InChI is InChI=1S/C9H11.2FH.Zr/c1-2-3-6-9-7-4-5-8-9;;;/h2,4,7H,1,3,5-6H2;2*1H;/q-1;;;+3/p-2. The van der Waals surface area contributed by atoms with Gasteiger partial charge in [-0.25, -0.2) is 11.6 Å². The fourth-order valence-corrected chi connectivity index (χ4v) is 0.879. The van der Waals surface area contributed by atoms with E-state index < -0.39 is 0 Å². The van der Waals surface area contributed by atoms with Gasteiger partial charge in [0, 0.05) is 0 Å². The third-order valence-electron chi connectivity index (χ3n) is 1.38. The number of halogens is 2. The molecular formula is C9H11F2Zr. The van der Waals surface area contributed by atoms with E-state index in [4.69, 9.17) is 0 Å². The van der Waals surface area contributed by atoms with Crippen LogP contribution in [0, 0.1) is 6.08 Å². The molecule has 0 bridgehead atoms. The van der Waals surface area contributed by atoms with Gasteiger partial charge < -0.3 is 9.41 Å². The Morgan fingerprint density at radius 3 is 2.58 bits per heavy atom.